The average molecular weight is 244 g/mol. The topological polar surface area (TPSA) is 48.0 Å². The molecule has 94 valence electrons. The van der Waals surface area contributed by atoms with Crippen LogP contribution in [-0.4, -0.2) is 15.3 Å². The molecule has 0 unspecified atom stereocenters. The molecule has 0 fully saturated rings. The molecule has 2 heterocycles. The van der Waals surface area contributed by atoms with Gasteiger partial charge in [-0.25, -0.2) is 4.98 Å². The van der Waals surface area contributed by atoms with Gasteiger partial charge in [-0.1, -0.05) is 0 Å². The molecule has 1 aliphatic carbocycles. The second-order valence-electron chi connectivity index (χ2n) is 4.87. The number of carbonyl (C=O) groups excluding carboxylic acids is 1. The molecule has 0 saturated heterocycles. The molecule has 0 amide bonds. The summed E-state index contributed by atoms with van der Waals surface area (Å²) in [7, 11) is 0. The standard InChI is InChI=1S/C14H16N2O2/c1-9-6-11-12(4-3-5-13(11)17)16(9)8-14-15-7-10(2)18-14/h6-7H,3-5,8H2,1-2H3. The molecule has 4 nitrogen and oxygen atoms in total. The maximum atomic E-state index is 11.9. The van der Waals surface area contributed by atoms with Crippen molar-refractivity contribution in [2.45, 2.75) is 39.7 Å². The number of fused-ring (bicyclic) bond motifs is 1. The SMILES string of the molecule is Cc1cnc(Cn2c(C)cc3c2CCCC3=O)o1. The highest BCUT2D eigenvalue weighted by atomic mass is 16.4. The Morgan fingerprint density at radius 3 is 2.94 bits per heavy atom. The first-order chi connectivity index (χ1) is 8.65. The van der Waals surface area contributed by atoms with E-state index in [1.54, 1.807) is 6.20 Å². The van der Waals surface area contributed by atoms with Crippen molar-refractivity contribution in [1.82, 2.24) is 9.55 Å². The summed E-state index contributed by atoms with van der Waals surface area (Å²) in [6.07, 6.45) is 4.31. The molecule has 0 atom stereocenters. The highest BCUT2D eigenvalue weighted by molar-refractivity contribution is 5.98. The van der Waals surface area contributed by atoms with E-state index in [2.05, 4.69) is 9.55 Å². The van der Waals surface area contributed by atoms with Gasteiger partial charge in [0.1, 0.15) is 5.76 Å². The Hall–Kier alpha value is -1.84. The zero-order valence-electron chi connectivity index (χ0n) is 10.7. The predicted octanol–water partition coefficient (Wildman–Crippen LogP) is 2.66. The number of nitrogens with zero attached hydrogens (tertiary/aromatic N) is 2. The highest BCUT2D eigenvalue weighted by Gasteiger charge is 2.23. The molecule has 0 saturated carbocycles. The number of oxazole rings is 1. The van der Waals surface area contributed by atoms with Gasteiger partial charge in [-0.3, -0.25) is 4.79 Å². The quantitative estimate of drug-likeness (QED) is 0.816. The zero-order chi connectivity index (χ0) is 12.7. The van der Waals surface area contributed by atoms with E-state index in [1.807, 2.05) is 19.9 Å². The minimum Gasteiger partial charge on any atom is -0.444 e. The summed E-state index contributed by atoms with van der Waals surface area (Å²) >= 11 is 0. The maximum Gasteiger partial charge on any atom is 0.214 e. The third-order valence-electron chi connectivity index (χ3n) is 3.50. The van der Waals surface area contributed by atoms with Gasteiger partial charge in [-0.2, -0.15) is 0 Å². The molecule has 4 heteroatoms. The molecule has 18 heavy (non-hydrogen) atoms. The van der Waals surface area contributed by atoms with Gasteiger partial charge in [-0.15, -0.1) is 0 Å². The number of aromatic nitrogens is 2. The summed E-state index contributed by atoms with van der Waals surface area (Å²) in [5.41, 5.74) is 3.13. The number of aryl methyl sites for hydroxylation is 2. The molecule has 1 aliphatic rings. The van der Waals surface area contributed by atoms with Crippen molar-refractivity contribution in [3.8, 4) is 0 Å². The Labute approximate surface area is 106 Å². The molecular formula is C14H16N2O2. The van der Waals surface area contributed by atoms with Crippen LogP contribution in [0.3, 0.4) is 0 Å². The summed E-state index contributed by atoms with van der Waals surface area (Å²) in [5, 5.41) is 0. The fourth-order valence-electron chi connectivity index (χ4n) is 2.62. The van der Waals surface area contributed by atoms with Gasteiger partial charge in [0.05, 0.1) is 12.7 Å². The Morgan fingerprint density at radius 1 is 1.39 bits per heavy atom. The Bertz CT molecular complexity index is 607. The number of ketones is 1. The lowest BCUT2D eigenvalue weighted by Gasteiger charge is -2.14. The van der Waals surface area contributed by atoms with Crippen molar-refractivity contribution in [3.63, 3.8) is 0 Å². The van der Waals surface area contributed by atoms with Crippen LogP contribution in [0, 0.1) is 13.8 Å². The molecule has 0 bridgehead atoms. The molecule has 3 rings (SSSR count). The normalized spacial score (nSPS) is 14.9. The van der Waals surface area contributed by atoms with Crippen molar-refractivity contribution in [2.24, 2.45) is 0 Å². The summed E-state index contributed by atoms with van der Waals surface area (Å²) in [6, 6.07) is 1.99. The second-order valence-corrected chi connectivity index (χ2v) is 4.87. The monoisotopic (exact) mass is 244 g/mol. The van der Waals surface area contributed by atoms with E-state index in [4.69, 9.17) is 4.42 Å². The molecule has 0 N–H and O–H groups in total. The molecule has 0 aliphatic heterocycles. The Balaban J connectivity index is 1.99. The number of hydrogen-bond acceptors (Lipinski definition) is 3. The lowest BCUT2D eigenvalue weighted by molar-refractivity contribution is 0.0971. The summed E-state index contributed by atoms with van der Waals surface area (Å²) in [6.45, 7) is 4.53. The van der Waals surface area contributed by atoms with E-state index in [9.17, 15) is 4.79 Å². The third-order valence-corrected chi connectivity index (χ3v) is 3.50. The summed E-state index contributed by atoms with van der Waals surface area (Å²) in [4.78, 5) is 16.1. The van der Waals surface area contributed by atoms with Gasteiger partial charge in [0.15, 0.2) is 5.78 Å². The van der Waals surface area contributed by atoms with Crippen molar-refractivity contribution in [3.05, 3.63) is 40.9 Å². The molecule has 2 aromatic heterocycles. The largest absolute Gasteiger partial charge is 0.444 e. The predicted molar refractivity (Wildman–Crippen MR) is 66.8 cm³/mol. The Kier molecular flexibility index (Phi) is 2.58. The van der Waals surface area contributed by atoms with E-state index in [1.165, 1.54) is 0 Å². The number of carbonyl (C=O) groups is 1. The minimum absolute atomic E-state index is 0.265. The molecule has 0 spiro atoms. The van der Waals surface area contributed by atoms with Crippen molar-refractivity contribution in [1.29, 1.82) is 0 Å². The van der Waals surface area contributed by atoms with Gasteiger partial charge in [-0.05, 0) is 32.8 Å². The smallest absolute Gasteiger partial charge is 0.214 e. The van der Waals surface area contributed by atoms with Crippen LogP contribution in [0.4, 0.5) is 0 Å². The zero-order valence-corrected chi connectivity index (χ0v) is 10.7. The van der Waals surface area contributed by atoms with Crippen LogP contribution in [0.2, 0.25) is 0 Å². The van der Waals surface area contributed by atoms with Gasteiger partial charge in [0.25, 0.3) is 0 Å². The first kappa shape index (κ1) is 11.3. The fraction of sp³-hybridized carbons (Fsp3) is 0.429. The second kappa shape index (κ2) is 4.12. The molecular weight excluding hydrogens is 228 g/mol. The number of rotatable bonds is 2. The van der Waals surface area contributed by atoms with E-state index >= 15 is 0 Å². The first-order valence-electron chi connectivity index (χ1n) is 6.28. The fourth-order valence-corrected chi connectivity index (χ4v) is 2.62. The van der Waals surface area contributed by atoms with Crippen LogP contribution < -0.4 is 0 Å². The first-order valence-corrected chi connectivity index (χ1v) is 6.28. The maximum absolute atomic E-state index is 11.9. The molecule has 0 radical (unpaired) electrons. The van der Waals surface area contributed by atoms with Crippen LogP contribution in [0.25, 0.3) is 0 Å². The number of Topliss-reactive ketones (excluding diaryl/α,β-unsaturated/α-hetero) is 1. The van der Waals surface area contributed by atoms with Gasteiger partial charge in [0.2, 0.25) is 5.89 Å². The summed E-state index contributed by atoms with van der Waals surface area (Å²) in [5.74, 6) is 1.79. The Morgan fingerprint density at radius 2 is 2.22 bits per heavy atom. The lowest BCUT2D eigenvalue weighted by atomic mass is 9.97. The van der Waals surface area contributed by atoms with Crippen LogP contribution in [-0.2, 0) is 13.0 Å². The third kappa shape index (κ3) is 1.78. The van der Waals surface area contributed by atoms with Crippen LogP contribution in [0.5, 0.6) is 0 Å². The number of hydrogen-bond donors (Lipinski definition) is 0. The van der Waals surface area contributed by atoms with Gasteiger partial charge in [0, 0.05) is 23.4 Å². The molecule has 0 aromatic carbocycles. The van der Waals surface area contributed by atoms with Crippen molar-refractivity contribution < 1.29 is 9.21 Å². The summed E-state index contributed by atoms with van der Waals surface area (Å²) < 4.78 is 7.66. The van der Waals surface area contributed by atoms with Crippen LogP contribution >= 0.6 is 0 Å². The molecule has 2 aromatic rings. The van der Waals surface area contributed by atoms with E-state index < -0.39 is 0 Å². The van der Waals surface area contributed by atoms with Gasteiger partial charge >= 0.3 is 0 Å². The van der Waals surface area contributed by atoms with E-state index in [0.29, 0.717) is 18.9 Å². The van der Waals surface area contributed by atoms with E-state index in [0.717, 1.165) is 35.6 Å². The van der Waals surface area contributed by atoms with Crippen molar-refractivity contribution >= 4 is 5.78 Å². The van der Waals surface area contributed by atoms with Crippen LogP contribution in [0.1, 0.15) is 46.2 Å². The average Bonchev–Trinajstić information content (AvgIpc) is 2.87. The minimum atomic E-state index is 0.265. The van der Waals surface area contributed by atoms with E-state index in [-0.39, 0.29) is 5.78 Å². The van der Waals surface area contributed by atoms with Crippen LogP contribution in [0.15, 0.2) is 16.7 Å². The van der Waals surface area contributed by atoms with Gasteiger partial charge < -0.3 is 8.98 Å². The highest BCUT2D eigenvalue weighted by Crippen LogP contribution is 2.25. The lowest BCUT2D eigenvalue weighted by Crippen LogP contribution is -2.14. The van der Waals surface area contributed by atoms with Crippen molar-refractivity contribution in [2.75, 3.05) is 0 Å².